The van der Waals surface area contributed by atoms with Crippen LogP contribution in [0.25, 0.3) is 0 Å². The maximum Gasteiger partial charge on any atom is 0.0590 e. The summed E-state index contributed by atoms with van der Waals surface area (Å²) in [6.07, 6.45) is 3.38. The lowest BCUT2D eigenvalue weighted by Crippen LogP contribution is -2.44. The molecule has 1 saturated heterocycles. The van der Waals surface area contributed by atoms with Crippen molar-refractivity contribution in [2.75, 3.05) is 25.4 Å². The first-order chi connectivity index (χ1) is 7.17. The summed E-state index contributed by atoms with van der Waals surface area (Å²) in [5.41, 5.74) is 0. The van der Waals surface area contributed by atoms with Crippen LogP contribution in [-0.2, 0) is 0 Å². The van der Waals surface area contributed by atoms with Gasteiger partial charge in [0.15, 0.2) is 0 Å². The van der Waals surface area contributed by atoms with E-state index in [4.69, 9.17) is 0 Å². The first-order valence-corrected chi connectivity index (χ1v) is 6.81. The fourth-order valence-corrected chi connectivity index (χ4v) is 2.70. The van der Waals surface area contributed by atoms with Crippen LogP contribution >= 0.6 is 12.6 Å². The van der Waals surface area contributed by atoms with E-state index >= 15 is 0 Å². The van der Waals surface area contributed by atoms with Crippen molar-refractivity contribution in [3.05, 3.63) is 0 Å². The van der Waals surface area contributed by atoms with Crippen molar-refractivity contribution in [3.63, 3.8) is 0 Å². The second-order valence-corrected chi connectivity index (χ2v) is 5.30. The van der Waals surface area contributed by atoms with Crippen LogP contribution in [0.3, 0.4) is 0 Å². The monoisotopic (exact) mass is 231 g/mol. The number of likely N-dealkylation sites (tertiary alicyclic amines) is 1. The minimum atomic E-state index is -0.0816. The Labute approximate surface area is 99.5 Å². The molecule has 0 bridgehead atoms. The van der Waals surface area contributed by atoms with Crippen LogP contribution in [-0.4, -0.2) is 41.5 Å². The Hall–Kier alpha value is 0.270. The molecule has 1 fully saturated rings. The van der Waals surface area contributed by atoms with Crippen LogP contribution in [0.5, 0.6) is 0 Å². The SMILES string of the molecule is CCCC(CS)CN1CCC(O)C(C)C1. The van der Waals surface area contributed by atoms with Crippen molar-refractivity contribution < 1.29 is 5.11 Å². The van der Waals surface area contributed by atoms with Gasteiger partial charge in [-0.2, -0.15) is 12.6 Å². The molecule has 3 heteroatoms. The average Bonchev–Trinajstić information content (AvgIpc) is 2.23. The van der Waals surface area contributed by atoms with Gasteiger partial charge in [0.25, 0.3) is 0 Å². The average molecular weight is 231 g/mol. The fourth-order valence-electron chi connectivity index (χ4n) is 2.40. The van der Waals surface area contributed by atoms with Gasteiger partial charge >= 0.3 is 0 Å². The van der Waals surface area contributed by atoms with E-state index in [0.717, 1.165) is 37.7 Å². The fraction of sp³-hybridized carbons (Fsp3) is 1.00. The molecule has 0 amide bonds. The zero-order valence-electron chi connectivity index (χ0n) is 10.0. The molecule has 0 spiro atoms. The van der Waals surface area contributed by atoms with Gasteiger partial charge in [0.05, 0.1) is 6.10 Å². The van der Waals surface area contributed by atoms with E-state index in [-0.39, 0.29) is 6.10 Å². The van der Waals surface area contributed by atoms with Gasteiger partial charge in [0, 0.05) is 19.6 Å². The Morgan fingerprint density at radius 2 is 2.27 bits per heavy atom. The Bertz CT molecular complexity index is 177. The Morgan fingerprint density at radius 1 is 1.53 bits per heavy atom. The maximum absolute atomic E-state index is 9.65. The summed E-state index contributed by atoms with van der Waals surface area (Å²) in [6.45, 7) is 7.65. The highest BCUT2D eigenvalue weighted by atomic mass is 32.1. The molecular formula is C12H25NOS. The van der Waals surface area contributed by atoms with E-state index < -0.39 is 0 Å². The number of hydrogen-bond acceptors (Lipinski definition) is 3. The van der Waals surface area contributed by atoms with Gasteiger partial charge in [-0.1, -0.05) is 20.3 Å². The van der Waals surface area contributed by atoms with Gasteiger partial charge < -0.3 is 10.0 Å². The third-order valence-electron chi connectivity index (χ3n) is 3.42. The van der Waals surface area contributed by atoms with E-state index in [2.05, 4.69) is 31.4 Å². The molecule has 3 atom stereocenters. The first-order valence-electron chi connectivity index (χ1n) is 6.18. The molecular weight excluding hydrogens is 206 g/mol. The minimum Gasteiger partial charge on any atom is -0.393 e. The molecule has 0 aromatic carbocycles. The summed E-state index contributed by atoms with van der Waals surface area (Å²) in [7, 11) is 0. The molecule has 0 aromatic heterocycles. The molecule has 15 heavy (non-hydrogen) atoms. The number of aliphatic hydroxyl groups is 1. The normalized spacial score (nSPS) is 30.4. The number of rotatable bonds is 5. The highest BCUT2D eigenvalue weighted by molar-refractivity contribution is 7.80. The zero-order chi connectivity index (χ0) is 11.3. The van der Waals surface area contributed by atoms with Gasteiger partial charge in [0.2, 0.25) is 0 Å². The first kappa shape index (κ1) is 13.3. The van der Waals surface area contributed by atoms with E-state index in [0.29, 0.717) is 5.92 Å². The van der Waals surface area contributed by atoms with Crippen LogP contribution in [0.1, 0.15) is 33.1 Å². The van der Waals surface area contributed by atoms with Crippen LogP contribution in [0.2, 0.25) is 0 Å². The second kappa shape index (κ2) is 6.77. The molecule has 0 saturated carbocycles. The van der Waals surface area contributed by atoms with Crippen molar-refractivity contribution in [2.45, 2.75) is 39.2 Å². The minimum absolute atomic E-state index is 0.0816. The van der Waals surface area contributed by atoms with E-state index in [1.54, 1.807) is 0 Å². The zero-order valence-corrected chi connectivity index (χ0v) is 10.9. The lowest BCUT2D eigenvalue weighted by molar-refractivity contribution is 0.0298. The molecule has 1 heterocycles. The number of piperidine rings is 1. The van der Waals surface area contributed by atoms with Crippen LogP contribution < -0.4 is 0 Å². The van der Waals surface area contributed by atoms with Crippen molar-refractivity contribution in [3.8, 4) is 0 Å². The molecule has 0 aliphatic carbocycles. The third kappa shape index (κ3) is 4.33. The van der Waals surface area contributed by atoms with Crippen molar-refractivity contribution >= 4 is 12.6 Å². The van der Waals surface area contributed by atoms with Crippen molar-refractivity contribution in [2.24, 2.45) is 11.8 Å². The summed E-state index contributed by atoms with van der Waals surface area (Å²) in [6, 6.07) is 0. The number of aliphatic hydroxyl groups excluding tert-OH is 1. The standard InChI is InChI=1S/C12H25NOS/c1-3-4-11(9-15)8-13-6-5-12(14)10(2)7-13/h10-12,14-15H,3-9H2,1-2H3. The van der Waals surface area contributed by atoms with Crippen LogP contribution in [0, 0.1) is 11.8 Å². The van der Waals surface area contributed by atoms with Gasteiger partial charge in [-0.05, 0) is 30.4 Å². The van der Waals surface area contributed by atoms with Crippen LogP contribution in [0.15, 0.2) is 0 Å². The number of thiol groups is 1. The molecule has 1 N–H and O–H groups in total. The maximum atomic E-state index is 9.65. The predicted octanol–water partition coefficient (Wildman–Crippen LogP) is 2.04. The van der Waals surface area contributed by atoms with Gasteiger partial charge in [-0.15, -0.1) is 0 Å². The van der Waals surface area contributed by atoms with Crippen molar-refractivity contribution in [1.29, 1.82) is 0 Å². The molecule has 1 aliphatic heterocycles. The second-order valence-electron chi connectivity index (χ2n) is 4.93. The third-order valence-corrected chi connectivity index (χ3v) is 3.93. The largest absolute Gasteiger partial charge is 0.393 e. The van der Waals surface area contributed by atoms with E-state index in [1.165, 1.54) is 12.8 Å². The molecule has 1 rings (SSSR count). The highest BCUT2D eigenvalue weighted by Crippen LogP contribution is 2.19. The lowest BCUT2D eigenvalue weighted by atomic mass is 9.95. The van der Waals surface area contributed by atoms with Crippen LogP contribution in [0.4, 0.5) is 0 Å². The van der Waals surface area contributed by atoms with Crippen molar-refractivity contribution in [1.82, 2.24) is 4.90 Å². The summed E-state index contributed by atoms with van der Waals surface area (Å²) in [5.74, 6) is 2.14. The molecule has 2 nitrogen and oxygen atoms in total. The molecule has 1 aliphatic rings. The molecule has 3 unspecified atom stereocenters. The summed E-state index contributed by atoms with van der Waals surface area (Å²) in [4.78, 5) is 2.49. The van der Waals surface area contributed by atoms with Gasteiger partial charge in [-0.25, -0.2) is 0 Å². The Morgan fingerprint density at radius 3 is 2.80 bits per heavy atom. The summed E-state index contributed by atoms with van der Waals surface area (Å²) >= 11 is 4.41. The van der Waals surface area contributed by atoms with Gasteiger partial charge in [-0.3, -0.25) is 0 Å². The summed E-state index contributed by atoms with van der Waals surface area (Å²) in [5, 5.41) is 9.65. The van der Waals surface area contributed by atoms with E-state index in [9.17, 15) is 5.11 Å². The smallest absolute Gasteiger partial charge is 0.0590 e. The predicted molar refractivity (Wildman–Crippen MR) is 68.5 cm³/mol. The lowest BCUT2D eigenvalue weighted by Gasteiger charge is -2.36. The highest BCUT2D eigenvalue weighted by Gasteiger charge is 2.25. The molecule has 90 valence electrons. The topological polar surface area (TPSA) is 23.5 Å². The molecule has 0 aromatic rings. The Kier molecular flexibility index (Phi) is 6.02. The number of nitrogens with zero attached hydrogens (tertiary/aromatic N) is 1. The summed E-state index contributed by atoms with van der Waals surface area (Å²) < 4.78 is 0. The number of hydrogen-bond donors (Lipinski definition) is 2. The Balaban J connectivity index is 2.31. The quantitative estimate of drug-likeness (QED) is 0.707. The van der Waals surface area contributed by atoms with Gasteiger partial charge in [0.1, 0.15) is 0 Å². The molecule has 0 radical (unpaired) electrons. The van der Waals surface area contributed by atoms with E-state index in [1.807, 2.05) is 0 Å².